The molecule has 0 bridgehead atoms. The molecule has 0 N–H and O–H groups in total. The number of likely N-dealkylation sites (N-methyl/N-ethyl adjacent to an activating group) is 1. The lowest BCUT2D eigenvalue weighted by Gasteiger charge is -2.34. The Kier molecular flexibility index (Phi) is 12.8. The number of hydrogen-bond donors (Lipinski definition) is 0. The van der Waals surface area contributed by atoms with Crippen LogP contribution in [0.15, 0.2) is 103 Å². The number of carbonyl (C=O) groups is 1. The first-order chi connectivity index (χ1) is 23.2. The van der Waals surface area contributed by atoms with Crippen LogP contribution in [-0.2, 0) is 34.1 Å². The summed E-state index contributed by atoms with van der Waals surface area (Å²) in [5, 5.41) is 0. The first-order valence-electron chi connectivity index (χ1n) is 17.5. The molecule has 3 aromatic rings. The lowest BCUT2D eigenvalue weighted by molar-refractivity contribution is -0.134. The van der Waals surface area contributed by atoms with Crippen LogP contribution in [0.25, 0.3) is 0 Å². The van der Waals surface area contributed by atoms with Gasteiger partial charge in [0.25, 0.3) is 0 Å². The van der Waals surface area contributed by atoms with E-state index < -0.39 is 5.41 Å². The van der Waals surface area contributed by atoms with Gasteiger partial charge in [-0.3, -0.25) is 24.5 Å². The lowest BCUT2D eigenvalue weighted by atomic mass is 9.89. The minimum absolute atomic E-state index is 0.126. The Hall–Kier alpha value is -3.62. The van der Waals surface area contributed by atoms with Gasteiger partial charge in [0.05, 0.1) is 26.4 Å². The molecule has 0 radical (unpaired) electrons. The molecule has 256 valence electrons. The zero-order chi connectivity index (χ0) is 33.9. The average Bonchev–Trinajstić information content (AvgIpc) is 3.73. The normalized spacial score (nSPS) is 21.6. The number of pyridine rings is 1. The number of benzene rings is 2. The van der Waals surface area contributed by atoms with Gasteiger partial charge in [0.1, 0.15) is 0 Å². The molecule has 1 aromatic heterocycles. The molecule has 7 heteroatoms. The van der Waals surface area contributed by atoms with Crippen molar-refractivity contribution in [3.8, 4) is 0 Å². The largest absolute Gasteiger partial charge is 0.376 e. The topological polar surface area (TPSA) is 58.1 Å². The Labute approximate surface area is 288 Å². The third kappa shape index (κ3) is 9.73. The fourth-order valence-electron chi connectivity index (χ4n) is 6.84. The van der Waals surface area contributed by atoms with Gasteiger partial charge < -0.3 is 9.47 Å². The van der Waals surface area contributed by atoms with Crippen molar-refractivity contribution in [1.82, 2.24) is 19.7 Å². The molecule has 7 nitrogen and oxygen atoms in total. The van der Waals surface area contributed by atoms with Crippen molar-refractivity contribution in [2.24, 2.45) is 11.3 Å². The van der Waals surface area contributed by atoms with Gasteiger partial charge >= 0.3 is 0 Å². The number of rotatable bonds is 10. The van der Waals surface area contributed by atoms with E-state index in [4.69, 9.17) is 9.47 Å². The third-order valence-corrected chi connectivity index (χ3v) is 9.58. The zero-order valence-corrected chi connectivity index (χ0v) is 29.6. The summed E-state index contributed by atoms with van der Waals surface area (Å²) in [7, 11) is 4.37. The molecule has 0 aliphatic carbocycles. The predicted molar refractivity (Wildman–Crippen MR) is 193 cm³/mol. The van der Waals surface area contributed by atoms with Crippen LogP contribution in [0.5, 0.6) is 0 Å². The van der Waals surface area contributed by atoms with Crippen LogP contribution < -0.4 is 0 Å². The average molecular weight is 651 g/mol. The van der Waals surface area contributed by atoms with E-state index in [2.05, 4.69) is 71.5 Å². The maximum atomic E-state index is 12.8. The molecule has 0 saturated carbocycles. The maximum Gasteiger partial charge on any atom is 0.235 e. The SMILES string of the molecule is CN1CCC[C@H]1C1=CN(C(=O)C(C)(C)C)C=CC1COCc1ccccc1.CN1CCC[C@H]1c1cnccc1COCc1ccccc1. The Bertz CT molecular complexity index is 1500. The molecule has 2 fully saturated rings. The number of hydrogen-bond acceptors (Lipinski definition) is 6. The van der Waals surface area contributed by atoms with Gasteiger partial charge in [0.15, 0.2) is 0 Å². The molecule has 4 heterocycles. The fraction of sp³-hybridized carbons (Fsp3) is 0.463. The van der Waals surface area contributed by atoms with Gasteiger partial charge in [-0.25, -0.2) is 0 Å². The monoisotopic (exact) mass is 650 g/mol. The van der Waals surface area contributed by atoms with Crippen LogP contribution in [0, 0.1) is 11.3 Å². The van der Waals surface area contributed by atoms with Crippen molar-refractivity contribution in [3.63, 3.8) is 0 Å². The standard InChI is InChI=1S/C23H32N2O2.C18H22N2O/c1-23(2,3)22(26)25-14-12-19(17-27-16-18-9-6-5-7-10-18)20(15-25)21-11-8-13-24(21)4;1-20-11-5-8-18(20)17-12-19-10-9-16(17)14-21-13-15-6-3-2-4-7-15/h5-7,9-10,12,14-15,19,21H,8,11,13,16-17H2,1-4H3;2-4,6-7,9-10,12,18H,5,8,11,13-14H2,1H3/t19?,21-;18-/m00/s1. The van der Waals surface area contributed by atoms with Gasteiger partial charge in [0, 0.05) is 48.2 Å². The fourth-order valence-corrected chi connectivity index (χ4v) is 6.84. The van der Waals surface area contributed by atoms with Crippen LogP contribution in [0.3, 0.4) is 0 Å². The first-order valence-corrected chi connectivity index (χ1v) is 17.5. The van der Waals surface area contributed by atoms with Crippen molar-refractivity contribution in [2.75, 3.05) is 33.8 Å². The van der Waals surface area contributed by atoms with E-state index in [-0.39, 0.29) is 11.8 Å². The highest BCUT2D eigenvalue weighted by molar-refractivity contribution is 5.83. The molecule has 3 aliphatic heterocycles. The summed E-state index contributed by atoms with van der Waals surface area (Å²) in [5.41, 5.74) is 5.88. The number of nitrogens with zero attached hydrogens (tertiary/aromatic N) is 4. The van der Waals surface area contributed by atoms with E-state index >= 15 is 0 Å². The van der Waals surface area contributed by atoms with Crippen molar-refractivity contribution in [1.29, 1.82) is 0 Å². The van der Waals surface area contributed by atoms with Crippen LogP contribution in [0.1, 0.15) is 74.8 Å². The summed E-state index contributed by atoms with van der Waals surface area (Å²) in [6.45, 7) is 10.7. The van der Waals surface area contributed by atoms with E-state index in [1.807, 2.05) is 75.8 Å². The van der Waals surface area contributed by atoms with Gasteiger partial charge in [-0.1, -0.05) is 87.5 Å². The van der Waals surface area contributed by atoms with Crippen LogP contribution in [-0.4, -0.2) is 65.4 Å². The van der Waals surface area contributed by atoms with E-state index in [0.717, 1.165) is 13.0 Å². The highest BCUT2D eigenvalue weighted by atomic mass is 16.5. The maximum absolute atomic E-state index is 12.8. The minimum atomic E-state index is -0.399. The second-order valence-electron chi connectivity index (χ2n) is 14.4. The molecule has 6 rings (SSSR count). The number of likely N-dealkylation sites (tertiary alicyclic amines) is 2. The summed E-state index contributed by atoms with van der Waals surface area (Å²) >= 11 is 0. The molecule has 3 atom stereocenters. The van der Waals surface area contributed by atoms with Crippen molar-refractivity contribution >= 4 is 5.91 Å². The highest BCUT2D eigenvalue weighted by Gasteiger charge is 2.34. The molecular formula is C41H54N4O3. The van der Waals surface area contributed by atoms with E-state index in [1.165, 1.54) is 53.6 Å². The Morgan fingerprint density at radius 3 is 2.00 bits per heavy atom. The number of amides is 1. The highest BCUT2D eigenvalue weighted by Crippen LogP contribution is 2.34. The van der Waals surface area contributed by atoms with Gasteiger partial charge in [-0.05, 0) is 86.8 Å². The Morgan fingerprint density at radius 2 is 1.42 bits per heavy atom. The number of ether oxygens (including phenoxy) is 2. The zero-order valence-electron chi connectivity index (χ0n) is 29.6. The third-order valence-electron chi connectivity index (χ3n) is 9.58. The van der Waals surface area contributed by atoms with Gasteiger partial charge in [0.2, 0.25) is 5.91 Å². The first kappa shape index (κ1) is 35.7. The summed E-state index contributed by atoms with van der Waals surface area (Å²) in [5.74, 6) is 0.337. The Morgan fingerprint density at radius 1 is 0.812 bits per heavy atom. The summed E-state index contributed by atoms with van der Waals surface area (Å²) in [6, 6.07) is 23.5. The molecule has 1 unspecified atom stereocenters. The Balaban J connectivity index is 0.000000194. The molecule has 3 aliphatic rings. The predicted octanol–water partition coefficient (Wildman–Crippen LogP) is 7.76. The smallest absolute Gasteiger partial charge is 0.235 e. The van der Waals surface area contributed by atoms with Crippen molar-refractivity contribution in [3.05, 3.63) is 125 Å². The molecule has 1 amide bonds. The van der Waals surface area contributed by atoms with Crippen molar-refractivity contribution in [2.45, 2.75) is 78.4 Å². The second-order valence-corrected chi connectivity index (χ2v) is 14.4. The van der Waals surface area contributed by atoms with E-state index in [0.29, 0.717) is 38.5 Å². The lowest BCUT2D eigenvalue weighted by Crippen LogP contribution is -2.38. The van der Waals surface area contributed by atoms with Crippen LogP contribution in [0.4, 0.5) is 0 Å². The van der Waals surface area contributed by atoms with E-state index in [1.54, 1.807) is 4.90 Å². The van der Waals surface area contributed by atoms with Gasteiger partial charge in [-0.2, -0.15) is 0 Å². The molecule has 0 spiro atoms. The second kappa shape index (κ2) is 17.2. The minimum Gasteiger partial charge on any atom is -0.376 e. The number of carbonyl (C=O) groups excluding carboxylic acids is 1. The van der Waals surface area contributed by atoms with Gasteiger partial charge in [-0.15, -0.1) is 0 Å². The van der Waals surface area contributed by atoms with Crippen molar-refractivity contribution < 1.29 is 14.3 Å². The molecule has 48 heavy (non-hydrogen) atoms. The number of aromatic nitrogens is 1. The molecular weight excluding hydrogens is 596 g/mol. The van der Waals surface area contributed by atoms with Crippen LogP contribution >= 0.6 is 0 Å². The molecule has 2 saturated heterocycles. The van der Waals surface area contributed by atoms with Crippen LogP contribution in [0.2, 0.25) is 0 Å². The quantitative estimate of drug-likeness (QED) is 0.224. The summed E-state index contributed by atoms with van der Waals surface area (Å²) < 4.78 is 11.9. The molecule has 2 aromatic carbocycles. The summed E-state index contributed by atoms with van der Waals surface area (Å²) in [6.07, 6.45) is 14.8. The summed E-state index contributed by atoms with van der Waals surface area (Å²) in [4.78, 5) is 23.6. The van der Waals surface area contributed by atoms with E-state index in [9.17, 15) is 4.79 Å².